The SMILES string of the molecule is CNc1ncccc1CN1CCC(c2nccc(C)n2)C1. The van der Waals surface area contributed by atoms with Crippen LogP contribution in [0, 0.1) is 6.92 Å². The van der Waals surface area contributed by atoms with E-state index in [1.165, 1.54) is 5.56 Å². The molecule has 0 aromatic carbocycles. The van der Waals surface area contributed by atoms with Crippen molar-refractivity contribution in [3.8, 4) is 0 Å². The Hall–Kier alpha value is -2.01. The van der Waals surface area contributed by atoms with Gasteiger partial charge in [-0.1, -0.05) is 6.07 Å². The molecule has 0 saturated carbocycles. The van der Waals surface area contributed by atoms with Gasteiger partial charge in [0.15, 0.2) is 0 Å². The summed E-state index contributed by atoms with van der Waals surface area (Å²) in [4.78, 5) is 15.8. The van der Waals surface area contributed by atoms with Crippen LogP contribution in [0.25, 0.3) is 0 Å². The molecule has 1 N–H and O–H groups in total. The normalized spacial score (nSPS) is 18.9. The van der Waals surface area contributed by atoms with E-state index in [4.69, 9.17) is 0 Å². The standard InChI is InChI=1S/C16H21N5/c1-12-5-8-19-16(20-12)14-6-9-21(11-14)10-13-4-3-7-18-15(13)17-2/h3-5,7-8,14H,6,9-11H2,1-2H3,(H,17,18). The van der Waals surface area contributed by atoms with E-state index >= 15 is 0 Å². The maximum absolute atomic E-state index is 4.57. The highest BCUT2D eigenvalue weighted by Crippen LogP contribution is 2.26. The van der Waals surface area contributed by atoms with E-state index in [1.807, 2.05) is 38.5 Å². The quantitative estimate of drug-likeness (QED) is 0.932. The van der Waals surface area contributed by atoms with Gasteiger partial charge in [-0.2, -0.15) is 0 Å². The zero-order chi connectivity index (χ0) is 14.7. The molecule has 2 aromatic heterocycles. The molecule has 5 heteroatoms. The minimum atomic E-state index is 0.444. The summed E-state index contributed by atoms with van der Waals surface area (Å²) < 4.78 is 0. The first-order valence-electron chi connectivity index (χ1n) is 7.40. The first-order chi connectivity index (χ1) is 10.3. The van der Waals surface area contributed by atoms with Gasteiger partial charge in [-0.25, -0.2) is 15.0 Å². The number of hydrogen-bond acceptors (Lipinski definition) is 5. The van der Waals surface area contributed by atoms with Crippen molar-refractivity contribution in [1.29, 1.82) is 0 Å². The van der Waals surface area contributed by atoms with Crippen molar-refractivity contribution < 1.29 is 0 Å². The Morgan fingerprint density at radius 1 is 1.29 bits per heavy atom. The summed E-state index contributed by atoms with van der Waals surface area (Å²) in [5.41, 5.74) is 2.29. The van der Waals surface area contributed by atoms with E-state index in [0.29, 0.717) is 5.92 Å². The molecule has 1 fully saturated rings. The van der Waals surface area contributed by atoms with Crippen molar-refractivity contribution >= 4 is 5.82 Å². The molecule has 0 spiro atoms. The van der Waals surface area contributed by atoms with Crippen molar-refractivity contribution in [3.05, 3.63) is 47.7 Å². The summed E-state index contributed by atoms with van der Waals surface area (Å²) in [7, 11) is 1.92. The lowest BCUT2D eigenvalue weighted by Gasteiger charge is -2.17. The van der Waals surface area contributed by atoms with Crippen LogP contribution in [0.15, 0.2) is 30.6 Å². The van der Waals surface area contributed by atoms with Crippen molar-refractivity contribution in [3.63, 3.8) is 0 Å². The Morgan fingerprint density at radius 3 is 3.00 bits per heavy atom. The zero-order valence-corrected chi connectivity index (χ0v) is 12.6. The molecule has 3 rings (SSSR count). The number of hydrogen-bond donors (Lipinski definition) is 1. The van der Waals surface area contributed by atoms with Crippen LogP contribution in [-0.2, 0) is 6.54 Å². The van der Waals surface area contributed by atoms with Gasteiger partial charge in [-0.05, 0) is 32.0 Å². The number of aromatic nitrogens is 3. The lowest BCUT2D eigenvalue weighted by molar-refractivity contribution is 0.326. The minimum Gasteiger partial charge on any atom is -0.373 e. The lowest BCUT2D eigenvalue weighted by atomic mass is 10.1. The molecule has 3 heterocycles. The summed E-state index contributed by atoms with van der Waals surface area (Å²) >= 11 is 0. The second-order valence-corrected chi connectivity index (χ2v) is 5.54. The minimum absolute atomic E-state index is 0.444. The van der Waals surface area contributed by atoms with Crippen LogP contribution in [0.3, 0.4) is 0 Å². The summed E-state index contributed by atoms with van der Waals surface area (Å²) in [5, 5.41) is 3.16. The molecule has 1 unspecified atom stereocenters. The zero-order valence-electron chi connectivity index (χ0n) is 12.6. The number of anilines is 1. The fourth-order valence-electron chi connectivity index (χ4n) is 2.88. The topological polar surface area (TPSA) is 53.9 Å². The maximum Gasteiger partial charge on any atom is 0.132 e. The van der Waals surface area contributed by atoms with Crippen molar-refractivity contribution in [2.24, 2.45) is 0 Å². The smallest absolute Gasteiger partial charge is 0.132 e. The van der Waals surface area contributed by atoms with E-state index in [9.17, 15) is 0 Å². The van der Waals surface area contributed by atoms with Gasteiger partial charge >= 0.3 is 0 Å². The molecule has 1 atom stereocenters. The number of aryl methyl sites for hydroxylation is 1. The third-order valence-electron chi connectivity index (χ3n) is 3.97. The molecule has 5 nitrogen and oxygen atoms in total. The van der Waals surface area contributed by atoms with Gasteiger partial charge in [0.05, 0.1) is 0 Å². The van der Waals surface area contributed by atoms with Crippen LogP contribution in [0.2, 0.25) is 0 Å². The van der Waals surface area contributed by atoms with E-state index in [-0.39, 0.29) is 0 Å². The first kappa shape index (κ1) is 13.9. The highest BCUT2D eigenvalue weighted by Gasteiger charge is 2.26. The Morgan fingerprint density at radius 2 is 2.19 bits per heavy atom. The Labute approximate surface area is 125 Å². The first-order valence-corrected chi connectivity index (χ1v) is 7.40. The number of nitrogens with one attached hydrogen (secondary N) is 1. The number of pyridine rings is 1. The second kappa shape index (κ2) is 6.18. The van der Waals surface area contributed by atoms with Crippen LogP contribution in [-0.4, -0.2) is 40.0 Å². The van der Waals surface area contributed by atoms with Crippen LogP contribution in [0.4, 0.5) is 5.82 Å². The summed E-state index contributed by atoms with van der Waals surface area (Å²) in [5.74, 6) is 2.39. The second-order valence-electron chi connectivity index (χ2n) is 5.54. The fourth-order valence-corrected chi connectivity index (χ4v) is 2.88. The molecular weight excluding hydrogens is 262 g/mol. The molecular formula is C16H21N5. The van der Waals surface area contributed by atoms with Crippen molar-refractivity contribution in [1.82, 2.24) is 19.9 Å². The molecule has 0 aliphatic carbocycles. The lowest BCUT2D eigenvalue weighted by Crippen LogP contribution is -2.21. The maximum atomic E-state index is 4.57. The molecule has 0 amide bonds. The van der Waals surface area contributed by atoms with Crippen LogP contribution in [0.5, 0.6) is 0 Å². The molecule has 1 saturated heterocycles. The predicted octanol–water partition coefficient (Wildman–Crippen LogP) is 2.21. The molecule has 110 valence electrons. The Kier molecular flexibility index (Phi) is 4.10. The highest BCUT2D eigenvalue weighted by atomic mass is 15.2. The van der Waals surface area contributed by atoms with Crippen LogP contribution < -0.4 is 5.32 Å². The van der Waals surface area contributed by atoms with E-state index < -0.39 is 0 Å². The van der Waals surface area contributed by atoms with Gasteiger partial charge in [0.1, 0.15) is 11.6 Å². The number of nitrogens with zero attached hydrogens (tertiary/aromatic N) is 4. The summed E-state index contributed by atoms with van der Waals surface area (Å²) in [6.45, 7) is 5.04. The molecule has 1 aliphatic heterocycles. The van der Waals surface area contributed by atoms with Gasteiger partial charge in [0.25, 0.3) is 0 Å². The van der Waals surface area contributed by atoms with Crippen LogP contribution in [0.1, 0.15) is 29.4 Å². The number of rotatable bonds is 4. The molecule has 0 bridgehead atoms. The Bertz CT molecular complexity index is 613. The van der Waals surface area contributed by atoms with Gasteiger partial charge in [-0.3, -0.25) is 4.90 Å². The third kappa shape index (κ3) is 3.19. The molecule has 1 aliphatic rings. The fraction of sp³-hybridized carbons (Fsp3) is 0.438. The van der Waals surface area contributed by atoms with Gasteiger partial charge in [0.2, 0.25) is 0 Å². The average molecular weight is 283 g/mol. The van der Waals surface area contributed by atoms with Gasteiger partial charge in [-0.15, -0.1) is 0 Å². The monoisotopic (exact) mass is 283 g/mol. The van der Waals surface area contributed by atoms with E-state index in [1.54, 1.807) is 0 Å². The molecule has 21 heavy (non-hydrogen) atoms. The third-order valence-corrected chi connectivity index (χ3v) is 3.97. The van der Waals surface area contributed by atoms with Crippen molar-refractivity contribution in [2.75, 3.05) is 25.5 Å². The predicted molar refractivity (Wildman–Crippen MR) is 83.2 cm³/mol. The van der Waals surface area contributed by atoms with Gasteiger partial charge in [0, 0.05) is 49.7 Å². The van der Waals surface area contributed by atoms with E-state index in [0.717, 1.165) is 43.4 Å². The molecule has 2 aromatic rings. The summed E-state index contributed by atoms with van der Waals surface area (Å²) in [6.07, 6.45) is 4.81. The Balaban J connectivity index is 1.67. The average Bonchev–Trinajstić information content (AvgIpc) is 2.96. The summed E-state index contributed by atoms with van der Waals surface area (Å²) in [6, 6.07) is 6.08. The van der Waals surface area contributed by atoms with Gasteiger partial charge < -0.3 is 5.32 Å². The van der Waals surface area contributed by atoms with E-state index in [2.05, 4.69) is 31.2 Å². The molecule has 0 radical (unpaired) electrons. The number of likely N-dealkylation sites (tertiary alicyclic amines) is 1. The van der Waals surface area contributed by atoms with Crippen molar-refractivity contribution in [2.45, 2.75) is 25.8 Å². The largest absolute Gasteiger partial charge is 0.373 e. The highest BCUT2D eigenvalue weighted by molar-refractivity contribution is 5.42. The van der Waals surface area contributed by atoms with Crippen LogP contribution >= 0.6 is 0 Å².